The molecule has 0 fully saturated rings. The molecule has 0 aliphatic rings. The SMILES string of the molecule is c1ccc(-c2cc(-c3cccc4sc5cccc(-c6nc7ccccc7s6)c5c34)nc(-c3ccccc3)n2)cc1. The van der Waals surface area contributed by atoms with Crippen molar-refractivity contribution in [1.82, 2.24) is 15.0 Å². The Labute approximate surface area is 239 Å². The van der Waals surface area contributed by atoms with E-state index in [4.69, 9.17) is 15.0 Å². The fourth-order valence-corrected chi connectivity index (χ4v) is 7.46. The van der Waals surface area contributed by atoms with Crippen molar-refractivity contribution in [2.24, 2.45) is 0 Å². The zero-order valence-corrected chi connectivity index (χ0v) is 22.9. The normalized spacial score (nSPS) is 11.5. The van der Waals surface area contributed by atoms with E-state index in [1.807, 2.05) is 41.7 Å². The minimum Gasteiger partial charge on any atom is -0.236 e. The Bertz CT molecular complexity index is 2070. The summed E-state index contributed by atoms with van der Waals surface area (Å²) in [5.74, 6) is 0.722. The van der Waals surface area contributed by atoms with Crippen molar-refractivity contribution in [1.29, 1.82) is 0 Å². The molecule has 0 aliphatic heterocycles. The Balaban J connectivity index is 1.42. The van der Waals surface area contributed by atoms with Crippen LogP contribution in [0.5, 0.6) is 0 Å². The molecular weight excluding hydrogens is 527 g/mol. The Hall–Kier alpha value is -4.71. The smallest absolute Gasteiger partial charge is 0.160 e. The summed E-state index contributed by atoms with van der Waals surface area (Å²) in [4.78, 5) is 15.2. The monoisotopic (exact) mass is 547 g/mol. The number of hydrogen-bond acceptors (Lipinski definition) is 5. The van der Waals surface area contributed by atoms with E-state index in [1.165, 1.54) is 24.9 Å². The topological polar surface area (TPSA) is 38.7 Å². The predicted octanol–water partition coefficient (Wildman–Crippen LogP) is 10.1. The van der Waals surface area contributed by atoms with Crippen LogP contribution in [-0.2, 0) is 0 Å². The third-order valence-electron chi connectivity index (χ3n) is 7.15. The Morgan fingerprint density at radius 1 is 0.425 bits per heavy atom. The molecule has 3 aromatic heterocycles. The van der Waals surface area contributed by atoms with E-state index in [1.54, 1.807) is 11.3 Å². The highest BCUT2D eigenvalue weighted by molar-refractivity contribution is 7.26. The van der Waals surface area contributed by atoms with Crippen LogP contribution >= 0.6 is 22.7 Å². The molecule has 0 atom stereocenters. The Kier molecular flexibility index (Phi) is 5.50. The molecule has 5 aromatic carbocycles. The first-order chi connectivity index (χ1) is 19.8. The maximum Gasteiger partial charge on any atom is 0.160 e. The van der Waals surface area contributed by atoms with E-state index in [9.17, 15) is 0 Å². The van der Waals surface area contributed by atoms with Crippen LogP contribution in [0.4, 0.5) is 0 Å². The number of hydrogen-bond donors (Lipinski definition) is 0. The second-order valence-corrected chi connectivity index (χ2v) is 11.8. The van der Waals surface area contributed by atoms with Crippen LogP contribution in [0.15, 0.2) is 127 Å². The number of thiophene rings is 1. The molecule has 0 unspecified atom stereocenters. The first kappa shape index (κ1) is 23.2. The van der Waals surface area contributed by atoms with E-state index in [0.717, 1.165) is 50.0 Å². The van der Waals surface area contributed by atoms with Gasteiger partial charge in [-0.15, -0.1) is 22.7 Å². The second kappa shape index (κ2) is 9.49. The molecule has 0 amide bonds. The van der Waals surface area contributed by atoms with Crippen LogP contribution in [0.25, 0.3) is 74.9 Å². The average Bonchev–Trinajstić information content (AvgIpc) is 3.63. The molecule has 5 heteroatoms. The lowest BCUT2D eigenvalue weighted by Gasteiger charge is -2.11. The Morgan fingerprint density at radius 2 is 1.02 bits per heavy atom. The Morgan fingerprint density at radius 3 is 1.77 bits per heavy atom. The van der Waals surface area contributed by atoms with Crippen LogP contribution in [-0.4, -0.2) is 15.0 Å². The van der Waals surface area contributed by atoms with Crippen molar-refractivity contribution >= 4 is 53.1 Å². The zero-order chi connectivity index (χ0) is 26.5. The summed E-state index contributed by atoms with van der Waals surface area (Å²) in [7, 11) is 0. The van der Waals surface area contributed by atoms with E-state index >= 15 is 0 Å². The van der Waals surface area contributed by atoms with Gasteiger partial charge in [0.05, 0.1) is 21.6 Å². The van der Waals surface area contributed by atoms with Crippen molar-refractivity contribution < 1.29 is 0 Å². The molecule has 3 heterocycles. The molecule has 188 valence electrons. The van der Waals surface area contributed by atoms with Gasteiger partial charge in [-0.2, -0.15) is 0 Å². The number of fused-ring (bicyclic) bond motifs is 4. The number of para-hydroxylation sites is 1. The van der Waals surface area contributed by atoms with Gasteiger partial charge in [0.25, 0.3) is 0 Å². The van der Waals surface area contributed by atoms with Crippen molar-refractivity contribution in [3.63, 3.8) is 0 Å². The molecule has 3 nitrogen and oxygen atoms in total. The second-order valence-electron chi connectivity index (χ2n) is 9.64. The van der Waals surface area contributed by atoms with Crippen LogP contribution < -0.4 is 0 Å². The van der Waals surface area contributed by atoms with Gasteiger partial charge in [-0.05, 0) is 30.3 Å². The highest BCUT2D eigenvalue weighted by Gasteiger charge is 2.19. The maximum absolute atomic E-state index is 5.15. The van der Waals surface area contributed by atoms with Gasteiger partial charge in [-0.1, -0.05) is 97.1 Å². The maximum atomic E-state index is 5.15. The first-order valence-electron chi connectivity index (χ1n) is 13.1. The van der Waals surface area contributed by atoms with Crippen LogP contribution in [0.2, 0.25) is 0 Å². The third kappa shape index (κ3) is 3.90. The number of rotatable bonds is 4. The molecule has 0 saturated carbocycles. The molecular formula is C35H21N3S2. The largest absolute Gasteiger partial charge is 0.236 e. The lowest BCUT2D eigenvalue weighted by molar-refractivity contribution is 1.19. The molecule has 0 aliphatic carbocycles. The molecule has 0 spiro atoms. The first-order valence-corrected chi connectivity index (χ1v) is 14.8. The quantitative estimate of drug-likeness (QED) is 0.220. The number of benzene rings is 5. The summed E-state index contributed by atoms with van der Waals surface area (Å²) in [5.41, 5.74) is 7.20. The number of nitrogens with zero attached hydrogens (tertiary/aromatic N) is 3. The standard InChI is InChI=1S/C35H21N3S2/c1-3-11-22(12-4-1)27-21-28(37-34(36-27)23-13-5-2-6-14-23)24-15-9-19-30-32(24)33-25(16-10-20-31(33)39-30)35-38-26-17-7-8-18-29(26)40-35/h1-21H. The third-order valence-corrected chi connectivity index (χ3v) is 9.34. The lowest BCUT2D eigenvalue weighted by Crippen LogP contribution is -1.96. The van der Waals surface area contributed by atoms with Gasteiger partial charge >= 0.3 is 0 Å². The summed E-state index contributed by atoms with van der Waals surface area (Å²) >= 11 is 3.57. The molecule has 0 radical (unpaired) electrons. The van der Waals surface area contributed by atoms with Gasteiger partial charge in [0, 0.05) is 42.4 Å². The van der Waals surface area contributed by atoms with Gasteiger partial charge in [-0.3, -0.25) is 0 Å². The van der Waals surface area contributed by atoms with Crippen molar-refractivity contribution in [3.8, 4) is 44.5 Å². The fourth-order valence-electron chi connectivity index (χ4n) is 5.30. The van der Waals surface area contributed by atoms with E-state index < -0.39 is 0 Å². The van der Waals surface area contributed by atoms with Gasteiger partial charge in [0.15, 0.2) is 5.82 Å². The number of thiazole rings is 1. The van der Waals surface area contributed by atoms with Gasteiger partial charge < -0.3 is 0 Å². The van der Waals surface area contributed by atoms with E-state index in [2.05, 4.69) is 97.1 Å². The summed E-state index contributed by atoms with van der Waals surface area (Å²) in [5, 5.41) is 3.49. The molecule has 0 saturated heterocycles. The minimum absolute atomic E-state index is 0.722. The summed E-state index contributed by atoms with van der Waals surface area (Å²) in [6.07, 6.45) is 0. The molecule has 8 rings (SSSR count). The zero-order valence-electron chi connectivity index (χ0n) is 21.3. The molecule has 40 heavy (non-hydrogen) atoms. The highest BCUT2D eigenvalue weighted by Crippen LogP contribution is 2.45. The van der Waals surface area contributed by atoms with Gasteiger partial charge in [0.1, 0.15) is 5.01 Å². The predicted molar refractivity (Wildman–Crippen MR) is 170 cm³/mol. The van der Waals surface area contributed by atoms with Gasteiger partial charge in [-0.25, -0.2) is 15.0 Å². The van der Waals surface area contributed by atoms with Crippen molar-refractivity contribution in [2.45, 2.75) is 0 Å². The summed E-state index contributed by atoms with van der Waals surface area (Å²) < 4.78 is 3.69. The minimum atomic E-state index is 0.722. The fraction of sp³-hybridized carbons (Fsp3) is 0. The van der Waals surface area contributed by atoms with Crippen LogP contribution in [0, 0.1) is 0 Å². The molecule has 0 bridgehead atoms. The summed E-state index contributed by atoms with van der Waals surface area (Å²) in [6, 6.07) is 44.1. The van der Waals surface area contributed by atoms with E-state index in [0.29, 0.717) is 0 Å². The van der Waals surface area contributed by atoms with Crippen molar-refractivity contribution in [2.75, 3.05) is 0 Å². The number of aromatic nitrogens is 3. The average molecular weight is 548 g/mol. The molecule has 8 aromatic rings. The van der Waals surface area contributed by atoms with Crippen LogP contribution in [0.3, 0.4) is 0 Å². The van der Waals surface area contributed by atoms with E-state index in [-0.39, 0.29) is 0 Å². The van der Waals surface area contributed by atoms with Crippen molar-refractivity contribution in [3.05, 3.63) is 127 Å². The molecule has 0 N–H and O–H groups in total. The summed E-state index contributed by atoms with van der Waals surface area (Å²) in [6.45, 7) is 0. The lowest BCUT2D eigenvalue weighted by atomic mass is 9.99. The van der Waals surface area contributed by atoms with Gasteiger partial charge in [0.2, 0.25) is 0 Å². The highest BCUT2D eigenvalue weighted by atomic mass is 32.1. The van der Waals surface area contributed by atoms with Crippen LogP contribution in [0.1, 0.15) is 0 Å².